The van der Waals surface area contributed by atoms with E-state index in [2.05, 4.69) is 6.07 Å². The molecule has 0 bridgehead atoms. The van der Waals surface area contributed by atoms with E-state index in [4.69, 9.17) is 10.00 Å². The molecule has 15 heavy (non-hydrogen) atoms. The molecule has 0 unspecified atom stereocenters. The van der Waals surface area contributed by atoms with Gasteiger partial charge in [0, 0.05) is 26.2 Å². The lowest BCUT2D eigenvalue weighted by Gasteiger charge is -2.33. The average Bonchev–Trinajstić information content (AvgIpc) is 2.18. The molecule has 0 aromatic carbocycles. The Bertz CT molecular complexity index is 252. The van der Waals surface area contributed by atoms with Gasteiger partial charge in [0.25, 0.3) is 0 Å². The van der Waals surface area contributed by atoms with Gasteiger partial charge < -0.3 is 9.64 Å². The fourth-order valence-corrected chi connectivity index (χ4v) is 1.46. The predicted molar refractivity (Wildman–Crippen MR) is 55.2 cm³/mol. The molecule has 0 N–H and O–H groups in total. The summed E-state index contributed by atoms with van der Waals surface area (Å²) in [6.45, 7) is 6.91. The van der Waals surface area contributed by atoms with Crippen LogP contribution in [0.4, 0.5) is 4.79 Å². The standard InChI is InChI=1S/C10H17N3O2/c1-9(2)15-10(14)13-7-5-12(4-3-11)6-8-13/h9H,4-8H2,1-2H3. The molecule has 0 aromatic heterocycles. The minimum Gasteiger partial charge on any atom is -0.447 e. The zero-order chi connectivity index (χ0) is 11.3. The second-order valence-corrected chi connectivity index (χ2v) is 3.85. The summed E-state index contributed by atoms with van der Waals surface area (Å²) in [4.78, 5) is 15.2. The molecule has 1 amide bonds. The second-order valence-electron chi connectivity index (χ2n) is 3.85. The molecule has 1 fully saturated rings. The van der Waals surface area contributed by atoms with Gasteiger partial charge in [0.2, 0.25) is 0 Å². The number of ether oxygens (including phenoxy) is 1. The minimum absolute atomic E-state index is 0.0744. The molecule has 0 aromatic rings. The van der Waals surface area contributed by atoms with Gasteiger partial charge in [-0.25, -0.2) is 4.79 Å². The van der Waals surface area contributed by atoms with Gasteiger partial charge in [0.15, 0.2) is 0 Å². The fraction of sp³-hybridized carbons (Fsp3) is 0.800. The number of hydrogen-bond acceptors (Lipinski definition) is 4. The van der Waals surface area contributed by atoms with E-state index >= 15 is 0 Å². The Hall–Kier alpha value is -1.28. The predicted octanol–water partition coefficient (Wildman–Crippen LogP) is 0.673. The van der Waals surface area contributed by atoms with Crippen molar-refractivity contribution in [2.75, 3.05) is 32.7 Å². The number of amides is 1. The van der Waals surface area contributed by atoms with E-state index in [1.165, 1.54) is 0 Å². The van der Waals surface area contributed by atoms with Gasteiger partial charge in [-0.3, -0.25) is 4.90 Å². The van der Waals surface area contributed by atoms with E-state index in [1.807, 2.05) is 18.7 Å². The molecule has 1 heterocycles. The molecule has 1 saturated heterocycles. The van der Waals surface area contributed by atoms with Crippen LogP contribution in [0, 0.1) is 11.3 Å². The van der Waals surface area contributed by atoms with Gasteiger partial charge >= 0.3 is 6.09 Å². The lowest BCUT2D eigenvalue weighted by atomic mass is 10.3. The number of carbonyl (C=O) groups excluding carboxylic acids is 1. The third kappa shape index (κ3) is 3.76. The highest BCUT2D eigenvalue weighted by atomic mass is 16.6. The Labute approximate surface area is 90.2 Å². The number of piperazine rings is 1. The summed E-state index contributed by atoms with van der Waals surface area (Å²) in [5.74, 6) is 0. The summed E-state index contributed by atoms with van der Waals surface area (Å²) in [7, 11) is 0. The number of rotatable bonds is 2. The van der Waals surface area contributed by atoms with Crippen molar-refractivity contribution in [3.8, 4) is 6.07 Å². The maximum Gasteiger partial charge on any atom is 0.410 e. The summed E-state index contributed by atoms with van der Waals surface area (Å²) in [6.07, 6.45) is -0.323. The number of carbonyl (C=O) groups is 1. The Morgan fingerprint density at radius 1 is 1.40 bits per heavy atom. The Morgan fingerprint density at radius 2 is 2.00 bits per heavy atom. The molecule has 0 atom stereocenters. The van der Waals surface area contributed by atoms with Crippen LogP contribution in [0.2, 0.25) is 0 Å². The average molecular weight is 211 g/mol. The molecule has 1 aliphatic heterocycles. The van der Waals surface area contributed by atoms with Crippen LogP contribution in [-0.2, 0) is 4.74 Å². The first-order valence-corrected chi connectivity index (χ1v) is 5.18. The smallest absolute Gasteiger partial charge is 0.410 e. The molecule has 1 rings (SSSR count). The van der Waals surface area contributed by atoms with Crippen molar-refractivity contribution < 1.29 is 9.53 Å². The normalized spacial score (nSPS) is 17.6. The SMILES string of the molecule is CC(C)OC(=O)N1CCN(CC#N)CC1. The first-order valence-electron chi connectivity index (χ1n) is 5.18. The van der Waals surface area contributed by atoms with Crippen LogP contribution in [0.15, 0.2) is 0 Å². The third-order valence-corrected chi connectivity index (χ3v) is 2.26. The molecule has 0 aliphatic carbocycles. The number of nitriles is 1. The molecule has 0 radical (unpaired) electrons. The van der Waals surface area contributed by atoms with Crippen LogP contribution in [0.5, 0.6) is 0 Å². The zero-order valence-electron chi connectivity index (χ0n) is 9.27. The van der Waals surface area contributed by atoms with Crippen molar-refractivity contribution in [3.63, 3.8) is 0 Å². The van der Waals surface area contributed by atoms with E-state index < -0.39 is 0 Å². The van der Waals surface area contributed by atoms with Gasteiger partial charge in [-0.2, -0.15) is 5.26 Å². The molecule has 5 heteroatoms. The third-order valence-electron chi connectivity index (χ3n) is 2.26. The summed E-state index contributed by atoms with van der Waals surface area (Å²) in [6, 6.07) is 2.10. The van der Waals surface area contributed by atoms with Crippen LogP contribution in [-0.4, -0.2) is 54.7 Å². The highest BCUT2D eigenvalue weighted by molar-refractivity contribution is 5.67. The Balaban J connectivity index is 2.31. The first-order chi connectivity index (χ1) is 7.13. The molecule has 0 spiro atoms. The molecule has 84 valence electrons. The van der Waals surface area contributed by atoms with Gasteiger partial charge in [-0.1, -0.05) is 0 Å². The monoisotopic (exact) mass is 211 g/mol. The van der Waals surface area contributed by atoms with Crippen LogP contribution < -0.4 is 0 Å². The van der Waals surface area contributed by atoms with Crippen molar-refractivity contribution >= 4 is 6.09 Å². The quantitative estimate of drug-likeness (QED) is 0.630. The zero-order valence-corrected chi connectivity index (χ0v) is 9.27. The van der Waals surface area contributed by atoms with Gasteiger partial charge in [0.1, 0.15) is 0 Å². The van der Waals surface area contributed by atoms with E-state index in [0.717, 1.165) is 13.1 Å². The highest BCUT2D eigenvalue weighted by Crippen LogP contribution is 2.04. The summed E-state index contributed by atoms with van der Waals surface area (Å²) >= 11 is 0. The topological polar surface area (TPSA) is 56.6 Å². The molecule has 0 saturated carbocycles. The van der Waals surface area contributed by atoms with Crippen LogP contribution in [0.1, 0.15) is 13.8 Å². The van der Waals surface area contributed by atoms with Crippen LogP contribution in [0.25, 0.3) is 0 Å². The molecule has 5 nitrogen and oxygen atoms in total. The largest absolute Gasteiger partial charge is 0.447 e. The van der Waals surface area contributed by atoms with Crippen molar-refractivity contribution in [2.45, 2.75) is 20.0 Å². The van der Waals surface area contributed by atoms with E-state index in [-0.39, 0.29) is 12.2 Å². The molecular formula is C10H17N3O2. The molecular weight excluding hydrogens is 194 g/mol. The van der Waals surface area contributed by atoms with Crippen LogP contribution in [0.3, 0.4) is 0 Å². The van der Waals surface area contributed by atoms with Crippen molar-refractivity contribution in [1.82, 2.24) is 9.80 Å². The maximum absolute atomic E-state index is 11.5. The van der Waals surface area contributed by atoms with E-state index in [1.54, 1.807) is 4.90 Å². The number of nitrogens with zero attached hydrogens (tertiary/aromatic N) is 3. The summed E-state index contributed by atoms with van der Waals surface area (Å²) < 4.78 is 5.09. The Morgan fingerprint density at radius 3 is 2.47 bits per heavy atom. The lowest BCUT2D eigenvalue weighted by molar-refractivity contribution is 0.0593. The van der Waals surface area contributed by atoms with E-state index in [9.17, 15) is 4.79 Å². The first kappa shape index (κ1) is 11.8. The van der Waals surface area contributed by atoms with Crippen molar-refractivity contribution in [1.29, 1.82) is 5.26 Å². The van der Waals surface area contributed by atoms with Gasteiger partial charge in [-0.05, 0) is 13.8 Å². The van der Waals surface area contributed by atoms with E-state index in [0.29, 0.717) is 19.6 Å². The van der Waals surface area contributed by atoms with Gasteiger partial charge in [0.05, 0.1) is 18.7 Å². The highest BCUT2D eigenvalue weighted by Gasteiger charge is 2.22. The fourth-order valence-electron chi connectivity index (χ4n) is 1.46. The second kappa shape index (κ2) is 5.56. The van der Waals surface area contributed by atoms with Gasteiger partial charge in [-0.15, -0.1) is 0 Å². The lowest BCUT2D eigenvalue weighted by Crippen LogP contribution is -2.49. The van der Waals surface area contributed by atoms with Crippen molar-refractivity contribution in [2.24, 2.45) is 0 Å². The Kier molecular flexibility index (Phi) is 4.37. The summed E-state index contributed by atoms with van der Waals surface area (Å²) in [5.41, 5.74) is 0. The maximum atomic E-state index is 11.5. The summed E-state index contributed by atoms with van der Waals surface area (Å²) in [5, 5.41) is 8.52. The molecule has 1 aliphatic rings. The van der Waals surface area contributed by atoms with Crippen molar-refractivity contribution in [3.05, 3.63) is 0 Å². The number of hydrogen-bond donors (Lipinski definition) is 0. The van der Waals surface area contributed by atoms with Crippen LogP contribution >= 0.6 is 0 Å². The minimum atomic E-state index is -0.249.